The number of primary amides is 1. The summed E-state index contributed by atoms with van der Waals surface area (Å²) in [5.74, 6) is -0.125. The molecule has 1 heterocycles. The Morgan fingerprint density at radius 3 is 1.86 bits per heavy atom. The van der Waals surface area contributed by atoms with E-state index in [1.54, 1.807) is 48.5 Å². The number of carbonyl (C=O) groups is 1. The van der Waals surface area contributed by atoms with Gasteiger partial charge < -0.3 is 26.7 Å². The van der Waals surface area contributed by atoms with E-state index in [2.05, 4.69) is 4.98 Å². The molecule has 8 N–H and O–H groups in total. The molecular formula is C20H18N6O3. The van der Waals surface area contributed by atoms with Crippen LogP contribution in [0.25, 0.3) is 0 Å². The summed E-state index contributed by atoms with van der Waals surface area (Å²) in [6, 6.07) is 16.0. The van der Waals surface area contributed by atoms with Gasteiger partial charge in [-0.25, -0.2) is 0 Å². The van der Waals surface area contributed by atoms with E-state index in [9.17, 15) is 4.79 Å². The molecule has 1 aromatic heterocycles. The molecule has 0 saturated heterocycles. The molecule has 3 rings (SSSR count). The smallest absolute Gasteiger partial charge is 0.254 e. The number of rotatable bonds is 7. The van der Waals surface area contributed by atoms with Crippen LogP contribution in [-0.4, -0.2) is 22.6 Å². The maximum Gasteiger partial charge on any atom is 0.254 e. The predicted octanol–water partition coefficient (Wildman–Crippen LogP) is 2.33. The molecule has 0 aliphatic heterocycles. The summed E-state index contributed by atoms with van der Waals surface area (Å²) >= 11 is 0. The van der Waals surface area contributed by atoms with Crippen LogP contribution in [0, 0.1) is 10.8 Å². The topological polar surface area (TPSA) is 174 Å². The van der Waals surface area contributed by atoms with Crippen LogP contribution in [0.3, 0.4) is 0 Å². The number of benzene rings is 2. The first-order valence-electron chi connectivity index (χ1n) is 8.39. The van der Waals surface area contributed by atoms with Gasteiger partial charge in [-0.05, 0) is 30.3 Å². The highest BCUT2D eigenvalue weighted by Crippen LogP contribution is 2.28. The monoisotopic (exact) mass is 390 g/mol. The van der Waals surface area contributed by atoms with E-state index in [1.165, 1.54) is 12.1 Å². The fraction of sp³-hybridized carbons (Fsp3) is 0. The average Bonchev–Trinajstić information content (AvgIpc) is 2.68. The van der Waals surface area contributed by atoms with Crippen molar-refractivity contribution in [1.29, 1.82) is 10.8 Å². The number of amides is 1. The number of nitrogens with two attached hydrogens (primary N) is 3. The lowest BCUT2D eigenvalue weighted by molar-refractivity contribution is 0.0997. The highest BCUT2D eigenvalue weighted by molar-refractivity contribution is 5.96. The van der Waals surface area contributed by atoms with Crippen molar-refractivity contribution in [2.75, 3.05) is 0 Å². The van der Waals surface area contributed by atoms with Crippen molar-refractivity contribution in [3.63, 3.8) is 0 Å². The van der Waals surface area contributed by atoms with Crippen LogP contribution in [0.4, 0.5) is 0 Å². The van der Waals surface area contributed by atoms with E-state index in [4.69, 9.17) is 37.5 Å². The predicted molar refractivity (Wildman–Crippen MR) is 108 cm³/mol. The molecule has 3 aromatic rings. The number of nitrogens with one attached hydrogen (secondary N) is 2. The lowest BCUT2D eigenvalue weighted by Crippen LogP contribution is -2.13. The quantitative estimate of drug-likeness (QED) is 0.305. The minimum absolute atomic E-state index is 0.0570. The first-order valence-corrected chi connectivity index (χ1v) is 8.39. The number of hydrogen-bond donors (Lipinski definition) is 5. The molecule has 1 amide bonds. The van der Waals surface area contributed by atoms with Gasteiger partial charge in [0.05, 0.1) is 0 Å². The summed E-state index contributed by atoms with van der Waals surface area (Å²) in [5, 5.41) is 15.0. The molecular weight excluding hydrogens is 372 g/mol. The van der Waals surface area contributed by atoms with Crippen molar-refractivity contribution in [2.24, 2.45) is 17.2 Å². The minimum atomic E-state index is -0.722. The maximum absolute atomic E-state index is 11.7. The summed E-state index contributed by atoms with van der Waals surface area (Å²) in [5.41, 5.74) is 17.4. The van der Waals surface area contributed by atoms with Crippen molar-refractivity contribution in [2.45, 2.75) is 0 Å². The molecule has 0 saturated carbocycles. The van der Waals surface area contributed by atoms with Gasteiger partial charge in [0.2, 0.25) is 11.8 Å². The molecule has 0 bridgehead atoms. The van der Waals surface area contributed by atoms with Gasteiger partial charge in [-0.1, -0.05) is 24.3 Å². The van der Waals surface area contributed by atoms with Crippen LogP contribution in [0.1, 0.15) is 21.5 Å². The largest absolute Gasteiger partial charge is 0.439 e. The third kappa shape index (κ3) is 4.66. The maximum atomic E-state index is 11.7. The van der Waals surface area contributed by atoms with Crippen LogP contribution in [-0.2, 0) is 0 Å². The van der Waals surface area contributed by atoms with Crippen LogP contribution in [0.2, 0.25) is 0 Å². The van der Waals surface area contributed by atoms with E-state index < -0.39 is 5.91 Å². The Hall–Kier alpha value is -4.40. The number of nitrogens with zero attached hydrogens (tertiary/aromatic N) is 1. The van der Waals surface area contributed by atoms with Crippen molar-refractivity contribution in [3.8, 4) is 23.3 Å². The summed E-state index contributed by atoms with van der Waals surface area (Å²) < 4.78 is 11.4. The zero-order valence-corrected chi connectivity index (χ0v) is 15.2. The van der Waals surface area contributed by atoms with Gasteiger partial charge in [0.1, 0.15) is 28.7 Å². The molecule has 0 spiro atoms. The Kier molecular flexibility index (Phi) is 5.40. The van der Waals surface area contributed by atoms with Crippen LogP contribution in [0.5, 0.6) is 23.3 Å². The molecule has 0 atom stereocenters. The van der Waals surface area contributed by atoms with Crippen molar-refractivity contribution < 1.29 is 14.3 Å². The first kappa shape index (κ1) is 19.4. The lowest BCUT2D eigenvalue weighted by atomic mass is 10.2. The van der Waals surface area contributed by atoms with Gasteiger partial charge in [-0.3, -0.25) is 15.6 Å². The van der Waals surface area contributed by atoms with Gasteiger partial charge >= 0.3 is 0 Å². The summed E-state index contributed by atoms with van der Waals surface area (Å²) in [4.78, 5) is 16.0. The average molecular weight is 390 g/mol. The molecule has 0 unspecified atom stereocenters. The number of nitrogen functional groups attached to an aromatic ring is 2. The molecule has 0 aliphatic carbocycles. The molecule has 0 aliphatic rings. The Labute approximate surface area is 166 Å². The molecule has 0 radical (unpaired) electrons. The number of amidine groups is 2. The SMILES string of the molecule is N=C(N)c1cccc(Oc2ccc(C(N)=O)c(Oc3cccc(C(=N)N)c3)n2)c1. The minimum Gasteiger partial charge on any atom is -0.439 e. The third-order valence-corrected chi connectivity index (χ3v) is 3.83. The lowest BCUT2D eigenvalue weighted by Gasteiger charge is -2.12. The second kappa shape index (κ2) is 8.09. The van der Waals surface area contributed by atoms with Gasteiger partial charge in [0.25, 0.3) is 5.91 Å². The summed E-state index contributed by atoms with van der Waals surface area (Å²) in [6.45, 7) is 0. The molecule has 146 valence electrons. The number of carbonyl (C=O) groups excluding carboxylic acids is 1. The standard InChI is InChI=1S/C20H18N6O3/c21-17(22)11-3-1-5-13(9-11)28-16-8-7-15(19(25)27)20(26-16)29-14-6-2-4-12(10-14)18(23)24/h1-10H,(H3,21,22)(H3,23,24)(H2,25,27). The van der Waals surface area contributed by atoms with Crippen molar-refractivity contribution >= 4 is 17.6 Å². The second-order valence-corrected chi connectivity index (χ2v) is 5.95. The zero-order chi connectivity index (χ0) is 21.0. The van der Waals surface area contributed by atoms with Crippen molar-refractivity contribution in [1.82, 2.24) is 4.98 Å². The number of hydrogen-bond acceptors (Lipinski definition) is 6. The van der Waals surface area contributed by atoms with Gasteiger partial charge in [0.15, 0.2) is 0 Å². The molecule has 9 heteroatoms. The van der Waals surface area contributed by atoms with E-state index in [0.717, 1.165) is 0 Å². The second-order valence-electron chi connectivity index (χ2n) is 5.95. The Morgan fingerprint density at radius 1 is 0.793 bits per heavy atom. The molecule has 9 nitrogen and oxygen atoms in total. The van der Waals surface area contributed by atoms with Gasteiger partial charge in [-0.15, -0.1) is 0 Å². The number of aromatic nitrogens is 1. The Balaban J connectivity index is 1.93. The molecule has 0 fully saturated rings. The zero-order valence-electron chi connectivity index (χ0n) is 15.2. The fourth-order valence-corrected chi connectivity index (χ4v) is 2.43. The van der Waals surface area contributed by atoms with E-state index in [0.29, 0.717) is 22.6 Å². The normalized spacial score (nSPS) is 10.2. The van der Waals surface area contributed by atoms with E-state index in [1.807, 2.05) is 0 Å². The Bertz CT molecular complexity index is 1110. The van der Waals surface area contributed by atoms with Gasteiger partial charge in [0, 0.05) is 17.2 Å². The highest BCUT2D eigenvalue weighted by Gasteiger charge is 2.15. The summed E-state index contributed by atoms with van der Waals surface area (Å²) in [7, 11) is 0. The van der Waals surface area contributed by atoms with Crippen molar-refractivity contribution in [3.05, 3.63) is 77.4 Å². The number of ether oxygens (including phenoxy) is 2. The fourth-order valence-electron chi connectivity index (χ4n) is 2.43. The summed E-state index contributed by atoms with van der Waals surface area (Å²) in [6.07, 6.45) is 0. The van der Waals surface area contributed by atoms with Crippen LogP contribution < -0.4 is 26.7 Å². The van der Waals surface area contributed by atoms with Gasteiger partial charge in [-0.2, -0.15) is 4.98 Å². The number of pyridine rings is 1. The first-order chi connectivity index (χ1) is 13.8. The highest BCUT2D eigenvalue weighted by atomic mass is 16.5. The van der Waals surface area contributed by atoms with E-state index in [-0.39, 0.29) is 29.0 Å². The molecule has 29 heavy (non-hydrogen) atoms. The van der Waals surface area contributed by atoms with E-state index >= 15 is 0 Å². The molecule has 2 aromatic carbocycles. The Morgan fingerprint density at radius 2 is 1.34 bits per heavy atom. The van der Waals surface area contributed by atoms with Crippen LogP contribution >= 0.6 is 0 Å². The van der Waals surface area contributed by atoms with Crippen LogP contribution in [0.15, 0.2) is 60.7 Å². The third-order valence-electron chi connectivity index (χ3n) is 3.83.